The third-order valence-electron chi connectivity index (χ3n) is 3.41. The summed E-state index contributed by atoms with van der Waals surface area (Å²) in [5.74, 6) is -0.802. The van der Waals surface area contributed by atoms with Gasteiger partial charge in [-0.15, -0.1) is 0 Å². The van der Waals surface area contributed by atoms with Crippen molar-refractivity contribution >= 4 is 11.5 Å². The second-order valence-electron chi connectivity index (χ2n) is 5.05. The van der Waals surface area contributed by atoms with Crippen LogP contribution in [0.15, 0.2) is 42.5 Å². The number of nitrogens with two attached hydrogens (primary N) is 2. The van der Waals surface area contributed by atoms with E-state index in [1.54, 1.807) is 24.3 Å². The number of hydrogen-bond acceptors (Lipinski definition) is 6. The van der Waals surface area contributed by atoms with E-state index in [1.807, 2.05) is 6.07 Å². The Hall–Kier alpha value is -3.66. The number of nitrogens with zero attached hydrogens (tertiary/aromatic N) is 3. The van der Waals surface area contributed by atoms with Gasteiger partial charge in [0.1, 0.15) is 29.0 Å². The van der Waals surface area contributed by atoms with Crippen molar-refractivity contribution in [1.82, 2.24) is 9.97 Å². The minimum Gasteiger partial charge on any atom is -0.507 e. The second kappa shape index (κ2) is 5.85. The topological polar surface area (TPSA) is 122 Å². The van der Waals surface area contributed by atoms with Gasteiger partial charge in [0.2, 0.25) is 0 Å². The molecule has 118 valence electrons. The van der Waals surface area contributed by atoms with E-state index in [-0.39, 0.29) is 34.2 Å². The smallest absolute Gasteiger partial charge is 0.166 e. The molecule has 0 radical (unpaired) electrons. The van der Waals surface area contributed by atoms with Crippen molar-refractivity contribution in [1.29, 1.82) is 5.26 Å². The van der Waals surface area contributed by atoms with Gasteiger partial charge in [0, 0.05) is 11.3 Å². The predicted octanol–water partition coefficient (Wildman–Crippen LogP) is 2.69. The van der Waals surface area contributed by atoms with Crippen molar-refractivity contribution in [2.45, 2.75) is 0 Å². The van der Waals surface area contributed by atoms with E-state index in [9.17, 15) is 14.8 Å². The standard InChI is InChI=1S/C17H12FN5O/c18-10-4-5-14(24)12(7-10)17-22-15(13(8-19)16(21)23-17)9-2-1-3-11(20)6-9/h1-7,24H,20H2,(H2,21,22,23). The maximum atomic E-state index is 13.5. The Labute approximate surface area is 136 Å². The molecule has 0 saturated heterocycles. The van der Waals surface area contributed by atoms with Gasteiger partial charge in [-0.1, -0.05) is 12.1 Å². The first kappa shape index (κ1) is 15.2. The summed E-state index contributed by atoms with van der Waals surface area (Å²) < 4.78 is 13.5. The van der Waals surface area contributed by atoms with Crippen LogP contribution in [0, 0.1) is 17.1 Å². The normalized spacial score (nSPS) is 10.3. The van der Waals surface area contributed by atoms with Crippen molar-refractivity contribution in [3.63, 3.8) is 0 Å². The number of nitriles is 1. The molecule has 0 aliphatic rings. The van der Waals surface area contributed by atoms with Gasteiger partial charge in [-0.2, -0.15) is 5.26 Å². The summed E-state index contributed by atoms with van der Waals surface area (Å²) in [4.78, 5) is 8.30. The van der Waals surface area contributed by atoms with Crippen molar-refractivity contribution < 1.29 is 9.50 Å². The largest absolute Gasteiger partial charge is 0.507 e. The van der Waals surface area contributed by atoms with Crippen LogP contribution in [0.25, 0.3) is 22.6 Å². The molecule has 1 heterocycles. The van der Waals surface area contributed by atoms with Gasteiger partial charge in [-0.25, -0.2) is 14.4 Å². The first-order valence-corrected chi connectivity index (χ1v) is 6.92. The highest BCUT2D eigenvalue weighted by atomic mass is 19.1. The Morgan fingerprint density at radius 3 is 2.58 bits per heavy atom. The molecule has 1 aromatic heterocycles. The molecule has 0 fully saturated rings. The lowest BCUT2D eigenvalue weighted by Crippen LogP contribution is -2.03. The average Bonchev–Trinajstić information content (AvgIpc) is 2.56. The van der Waals surface area contributed by atoms with Gasteiger partial charge in [0.25, 0.3) is 0 Å². The Kier molecular flexibility index (Phi) is 3.72. The summed E-state index contributed by atoms with van der Waals surface area (Å²) in [6.45, 7) is 0. The number of phenolic OH excluding ortho intramolecular Hbond substituents is 1. The Morgan fingerprint density at radius 1 is 1.08 bits per heavy atom. The third-order valence-corrected chi connectivity index (χ3v) is 3.41. The molecule has 3 rings (SSSR count). The molecule has 24 heavy (non-hydrogen) atoms. The maximum absolute atomic E-state index is 13.5. The molecule has 0 spiro atoms. The molecule has 2 aromatic carbocycles. The van der Waals surface area contributed by atoms with Gasteiger partial charge < -0.3 is 16.6 Å². The lowest BCUT2D eigenvalue weighted by Gasteiger charge is -2.10. The van der Waals surface area contributed by atoms with Crippen LogP contribution in [0.4, 0.5) is 15.9 Å². The zero-order valence-electron chi connectivity index (χ0n) is 12.4. The van der Waals surface area contributed by atoms with E-state index >= 15 is 0 Å². The average molecular weight is 321 g/mol. The summed E-state index contributed by atoms with van der Waals surface area (Å²) in [5, 5.41) is 19.3. The van der Waals surface area contributed by atoms with Crippen molar-refractivity contribution in [2.75, 3.05) is 11.5 Å². The highest BCUT2D eigenvalue weighted by molar-refractivity contribution is 5.77. The molecule has 3 aromatic rings. The number of nitrogen functional groups attached to an aromatic ring is 2. The van der Waals surface area contributed by atoms with Crippen LogP contribution in [0.1, 0.15) is 5.56 Å². The van der Waals surface area contributed by atoms with Gasteiger partial charge in [0.15, 0.2) is 5.82 Å². The zero-order valence-corrected chi connectivity index (χ0v) is 12.4. The molecule has 0 aliphatic heterocycles. The maximum Gasteiger partial charge on any atom is 0.166 e. The van der Waals surface area contributed by atoms with E-state index in [1.165, 1.54) is 6.07 Å². The predicted molar refractivity (Wildman–Crippen MR) is 88.1 cm³/mol. The molecule has 6 nitrogen and oxygen atoms in total. The minimum absolute atomic E-state index is 0.0147. The van der Waals surface area contributed by atoms with Gasteiger partial charge >= 0.3 is 0 Å². The van der Waals surface area contributed by atoms with Crippen LogP contribution in [-0.4, -0.2) is 15.1 Å². The Bertz CT molecular complexity index is 981. The van der Waals surface area contributed by atoms with Crippen LogP contribution in [-0.2, 0) is 0 Å². The number of benzene rings is 2. The Balaban J connectivity index is 2.28. The number of aromatic nitrogens is 2. The lowest BCUT2D eigenvalue weighted by molar-refractivity contribution is 0.475. The summed E-state index contributed by atoms with van der Waals surface area (Å²) in [5.41, 5.74) is 13.1. The van der Waals surface area contributed by atoms with E-state index in [0.29, 0.717) is 11.3 Å². The molecule has 0 amide bonds. The first-order chi connectivity index (χ1) is 11.5. The molecular formula is C17H12FN5O. The van der Waals surface area contributed by atoms with Crippen LogP contribution < -0.4 is 11.5 Å². The number of aromatic hydroxyl groups is 1. The molecule has 0 atom stereocenters. The molecule has 0 unspecified atom stereocenters. The quantitative estimate of drug-likeness (QED) is 0.624. The lowest BCUT2D eigenvalue weighted by atomic mass is 10.1. The van der Waals surface area contributed by atoms with Crippen molar-refractivity contribution in [3.05, 3.63) is 53.8 Å². The Morgan fingerprint density at radius 2 is 1.88 bits per heavy atom. The van der Waals surface area contributed by atoms with E-state index in [0.717, 1.165) is 12.1 Å². The van der Waals surface area contributed by atoms with Crippen LogP contribution in [0.5, 0.6) is 5.75 Å². The molecule has 0 saturated carbocycles. The fourth-order valence-electron chi connectivity index (χ4n) is 2.29. The number of rotatable bonds is 2. The van der Waals surface area contributed by atoms with Gasteiger partial charge in [-0.05, 0) is 30.3 Å². The molecular weight excluding hydrogens is 309 g/mol. The van der Waals surface area contributed by atoms with E-state index in [4.69, 9.17) is 11.5 Å². The van der Waals surface area contributed by atoms with Crippen LogP contribution in [0.3, 0.4) is 0 Å². The summed E-state index contributed by atoms with van der Waals surface area (Å²) in [6, 6.07) is 12.1. The number of hydrogen-bond donors (Lipinski definition) is 3. The third kappa shape index (κ3) is 2.68. The number of halogens is 1. The van der Waals surface area contributed by atoms with E-state index < -0.39 is 5.82 Å². The second-order valence-corrected chi connectivity index (χ2v) is 5.05. The molecule has 5 N–H and O–H groups in total. The van der Waals surface area contributed by atoms with Crippen LogP contribution in [0.2, 0.25) is 0 Å². The fraction of sp³-hybridized carbons (Fsp3) is 0. The number of phenols is 1. The summed E-state index contributed by atoms with van der Waals surface area (Å²) in [7, 11) is 0. The SMILES string of the molecule is N#Cc1c(N)nc(-c2cc(F)ccc2O)nc1-c1cccc(N)c1. The number of anilines is 2. The molecule has 0 aliphatic carbocycles. The zero-order chi connectivity index (χ0) is 17.3. The highest BCUT2D eigenvalue weighted by Gasteiger charge is 2.17. The van der Waals surface area contributed by atoms with Gasteiger partial charge in [-0.3, -0.25) is 0 Å². The van der Waals surface area contributed by atoms with E-state index in [2.05, 4.69) is 9.97 Å². The summed E-state index contributed by atoms with van der Waals surface area (Å²) in [6.07, 6.45) is 0. The summed E-state index contributed by atoms with van der Waals surface area (Å²) >= 11 is 0. The molecule has 0 bridgehead atoms. The van der Waals surface area contributed by atoms with Crippen LogP contribution >= 0.6 is 0 Å². The first-order valence-electron chi connectivity index (χ1n) is 6.92. The fourth-order valence-corrected chi connectivity index (χ4v) is 2.29. The van der Waals surface area contributed by atoms with Crippen molar-refractivity contribution in [3.8, 4) is 34.5 Å². The minimum atomic E-state index is -0.556. The van der Waals surface area contributed by atoms with Crippen molar-refractivity contribution in [2.24, 2.45) is 0 Å². The van der Waals surface area contributed by atoms with Gasteiger partial charge in [0.05, 0.1) is 11.3 Å². The molecule has 7 heteroatoms. The highest BCUT2D eigenvalue weighted by Crippen LogP contribution is 2.32. The monoisotopic (exact) mass is 321 g/mol.